The highest BCUT2D eigenvalue weighted by atomic mass is 35.5. The van der Waals surface area contributed by atoms with E-state index in [0.29, 0.717) is 41.0 Å². The maximum atomic E-state index is 12.7. The van der Waals surface area contributed by atoms with E-state index in [2.05, 4.69) is 10.6 Å². The molecule has 1 unspecified atom stereocenters. The zero-order valence-corrected chi connectivity index (χ0v) is 19.1. The molecule has 0 fully saturated rings. The molecule has 1 heterocycles. The summed E-state index contributed by atoms with van der Waals surface area (Å²) in [6.07, 6.45) is -0.646. The quantitative estimate of drug-likeness (QED) is 0.504. The molecule has 7 nitrogen and oxygen atoms in total. The van der Waals surface area contributed by atoms with Crippen molar-refractivity contribution >= 4 is 40.6 Å². The number of rotatable bonds is 6. The Kier molecular flexibility index (Phi) is 6.70. The number of nitrogens with one attached hydrogen (secondary N) is 2. The lowest BCUT2D eigenvalue weighted by molar-refractivity contribution is -0.125. The van der Waals surface area contributed by atoms with E-state index < -0.39 is 12.1 Å². The Balaban J connectivity index is 1.42. The van der Waals surface area contributed by atoms with Crippen LogP contribution in [0.1, 0.15) is 12.5 Å². The maximum absolute atomic E-state index is 12.7. The molecule has 3 amide bonds. The van der Waals surface area contributed by atoms with Gasteiger partial charge in [0.15, 0.2) is 6.10 Å². The molecule has 33 heavy (non-hydrogen) atoms. The number of ether oxygens (including phenoxy) is 2. The van der Waals surface area contributed by atoms with E-state index in [1.165, 1.54) is 0 Å². The highest BCUT2D eigenvalue weighted by Gasteiger charge is 2.31. The minimum Gasteiger partial charge on any atom is -0.492 e. The van der Waals surface area contributed by atoms with Crippen LogP contribution in [0.4, 0.5) is 21.9 Å². The molecule has 1 aliphatic heterocycles. The second-order valence-corrected chi connectivity index (χ2v) is 8.12. The summed E-state index contributed by atoms with van der Waals surface area (Å²) in [6, 6.07) is 19.4. The Morgan fingerprint density at radius 2 is 1.79 bits per heavy atom. The van der Waals surface area contributed by atoms with Crippen molar-refractivity contribution < 1.29 is 19.1 Å². The Labute approximate surface area is 197 Å². The number of urea groups is 1. The van der Waals surface area contributed by atoms with Crippen LogP contribution in [0.25, 0.3) is 0 Å². The molecule has 170 valence electrons. The molecule has 4 rings (SSSR count). The van der Waals surface area contributed by atoms with Crippen LogP contribution in [0, 0.1) is 6.92 Å². The van der Waals surface area contributed by atoms with Crippen molar-refractivity contribution in [2.45, 2.75) is 20.0 Å². The molecule has 3 aromatic carbocycles. The second-order valence-electron chi connectivity index (χ2n) is 7.68. The Morgan fingerprint density at radius 3 is 2.52 bits per heavy atom. The van der Waals surface area contributed by atoms with Crippen molar-refractivity contribution in [1.29, 1.82) is 0 Å². The van der Waals surface area contributed by atoms with E-state index in [4.69, 9.17) is 21.1 Å². The zero-order chi connectivity index (χ0) is 23.4. The molecule has 0 bridgehead atoms. The van der Waals surface area contributed by atoms with Gasteiger partial charge in [-0.05, 0) is 56.3 Å². The lowest BCUT2D eigenvalue weighted by Gasteiger charge is -2.33. The number of hydrogen-bond acceptors (Lipinski definition) is 4. The van der Waals surface area contributed by atoms with Crippen LogP contribution in [-0.2, 0) is 4.79 Å². The molecule has 1 aliphatic rings. The van der Waals surface area contributed by atoms with Gasteiger partial charge in [0.1, 0.15) is 18.1 Å². The van der Waals surface area contributed by atoms with Gasteiger partial charge in [-0.1, -0.05) is 35.4 Å². The number of halogens is 1. The molecule has 0 spiro atoms. The fraction of sp³-hybridized carbons (Fsp3) is 0.200. The molecule has 8 heteroatoms. The lowest BCUT2D eigenvalue weighted by atomic mass is 10.1. The summed E-state index contributed by atoms with van der Waals surface area (Å²) in [4.78, 5) is 26.7. The van der Waals surface area contributed by atoms with Crippen LogP contribution in [0.15, 0.2) is 66.7 Å². The van der Waals surface area contributed by atoms with E-state index in [9.17, 15) is 9.59 Å². The molecule has 0 aromatic heterocycles. The summed E-state index contributed by atoms with van der Waals surface area (Å²) < 4.78 is 11.6. The molecule has 0 saturated carbocycles. The van der Waals surface area contributed by atoms with Gasteiger partial charge in [0.05, 0.1) is 12.2 Å². The average Bonchev–Trinajstić information content (AvgIpc) is 2.77. The maximum Gasteiger partial charge on any atom is 0.323 e. The van der Waals surface area contributed by atoms with Crippen LogP contribution < -0.4 is 25.0 Å². The minimum absolute atomic E-state index is 0.144. The number of carbonyl (C=O) groups is 2. The van der Waals surface area contributed by atoms with Crippen LogP contribution >= 0.6 is 11.6 Å². The van der Waals surface area contributed by atoms with Gasteiger partial charge in [0, 0.05) is 22.5 Å². The molecular weight excluding hydrogens is 442 g/mol. The number of benzene rings is 3. The van der Waals surface area contributed by atoms with Crippen molar-refractivity contribution in [3.05, 3.63) is 77.3 Å². The monoisotopic (exact) mass is 465 g/mol. The van der Waals surface area contributed by atoms with Crippen molar-refractivity contribution in [2.75, 3.05) is 28.7 Å². The third-order valence-electron chi connectivity index (χ3n) is 5.11. The summed E-state index contributed by atoms with van der Waals surface area (Å²) in [6.45, 7) is 4.42. The number of fused-ring (bicyclic) bond motifs is 1. The first kappa shape index (κ1) is 22.5. The Morgan fingerprint density at radius 1 is 1.06 bits per heavy atom. The Hall–Kier alpha value is -3.71. The van der Waals surface area contributed by atoms with Crippen molar-refractivity contribution in [3.8, 4) is 11.5 Å². The van der Waals surface area contributed by atoms with Gasteiger partial charge in [-0.15, -0.1) is 0 Å². The normalized spacial score (nSPS) is 14.8. The molecular formula is C25H24ClN3O4. The van der Waals surface area contributed by atoms with Gasteiger partial charge >= 0.3 is 6.03 Å². The summed E-state index contributed by atoms with van der Waals surface area (Å²) in [5.41, 5.74) is 2.89. The van der Waals surface area contributed by atoms with Gasteiger partial charge in [-0.2, -0.15) is 0 Å². The van der Waals surface area contributed by atoms with E-state index in [1.807, 2.05) is 31.2 Å². The van der Waals surface area contributed by atoms with Gasteiger partial charge in [0.25, 0.3) is 5.91 Å². The third kappa shape index (κ3) is 5.56. The van der Waals surface area contributed by atoms with E-state index >= 15 is 0 Å². The summed E-state index contributed by atoms with van der Waals surface area (Å²) >= 11 is 5.95. The smallest absolute Gasteiger partial charge is 0.323 e. The number of anilines is 3. The number of nitrogens with zero attached hydrogens (tertiary/aromatic N) is 1. The topological polar surface area (TPSA) is 79.9 Å². The molecule has 1 atom stereocenters. The number of amides is 3. The van der Waals surface area contributed by atoms with Crippen LogP contribution in [0.5, 0.6) is 11.5 Å². The second kappa shape index (κ2) is 9.83. The van der Waals surface area contributed by atoms with E-state index in [-0.39, 0.29) is 5.91 Å². The van der Waals surface area contributed by atoms with E-state index in [0.717, 1.165) is 11.3 Å². The largest absolute Gasteiger partial charge is 0.492 e. The number of hydrogen-bond donors (Lipinski definition) is 2. The van der Waals surface area contributed by atoms with Crippen LogP contribution in [-0.4, -0.2) is 31.2 Å². The third-order valence-corrected chi connectivity index (χ3v) is 5.35. The molecule has 0 saturated heterocycles. The standard InChI is InChI=1S/C25H24ClN3O4/c1-16-6-9-21(10-7-16)32-13-12-29-22-11-8-20(15-23(22)33-17(2)24(29)30)28-25(31)27-19-5-3-4-18(26)14-19/h3-11,14-15,17H,12-13H2,1-2H3,(H2,27,28,31). The van der Waals surface area contributed by atoms with E-state index in [1.54, 1.807) is 54.3 Å². The number of carbonyl (C=O) groups excluding carboxylic acids is 2. The van der Waals surface area contributed by atoms with Gasteiger partial charge in [0.2, 0.25) is 0 Å². The fourth-order valence-electron chi connectivity index (χ4n) is 3.47. The molecule has 0 radical (unpaired) electrons. The first-order chi connectivity index (χ1) is 15.9. The van der Waals surface area contributed by atoms with Crippen molar-refractivity contribution in [2.24, 2.45) is 0 Å². The molecule has 3 aromatic rings. The molecule has 0 aliphatic carbocycles. The predicted octanol–water partition coefficient (Wildman–Crippen LogP) is 5.49. The molecule has 2 N–H and O–H groups in total. The minimum atomic E-state index is -0.646. The highest BCUT2D eigenvalue weighted by Crippen LogP contribution is 2.36. The predicted molar refractivity (Wildman–Crippen MR) is 130 cm³/mol. The van der Waals surface area contributed by atoms with Gasteiger partial charge in [-0.25, -0.2) is 4.79 Å². The van der Waals surface area contributed by atoms with Crippen LogP contribution in [0.2, 0.25) is 5.02 Å². The van der Waals surface area contributed by atoms with Crippen molar-refractivity contribution in [3.63, 3.8) is 0 Å². The van der Waals surface area contributed by atoms with Gasteiger partial charge < -0.3 is 25.0 Å². The lowest BCUT2D eigenvalue weighted by Crippen LogP contribution is -2.46. The fourth-order valence-corrected chi connectivity index (χ4v) is 3.66. The van der Waals surface area contributed by atoms with Gasteiger partial charge in [-0.3, -0.25) is 4.79 Å². The first-order valence-electron chi connectivity index (χ1n) is 10.5. The Bertz CT molecular complexity index is 1170. The zero-order valence-electron chi connectivity index (χ0n) is 18.3. The van der Waals surface area contributed by atoms with Crippen molar-refractivity contribution in [1.82, 2.24) is 0 Å². The van der Waals surface area contributed by atoms with Crippen LogP contribution in [0.3, 0.4) is 0 Å². The summed E-state index contributed by atoms with van der Waals surface area (Å²) in [7, 11) is 0. The SMILES string of the molecule is Cc1ccc(OCCN2C(=O)C(C)Oc3cc(NC(=O)Nc4cccc(Cl)c4)ccc32)cc1. The average molecular weight is 466 g/mol. The summed E-state index contributed by atoms with van der Waals surface area (Å²) in [5, 5.41) is 6.02. The first-order valence-corrected chi connectivity index (χ1v) is 10.9. The number of aryl methyl sites for hydroxylation is 1. The summed E-state index contributed by atoms with van der Waals surface area (Å²) in [5.74, 6) is 1.12. The highest BCUT2D eigenvalue weighted by molar-refractivity contribution is 6.30.